The number of hydrogen-bond donors (Lipinski definition) is 0. The van der Waals surface area contributed by atoms with E-state index in [1.807, 2.05) is 0 Å². The van der Waals surface area contributed by atoms with Crippen LogP contribution in [0.25, 0.3) is 105 Å². The van der Waals surface area contributed by atoms with E-state index in [4.69, 9.17) is 0 Å². The van der Waals surface area contributed by atoms with E-state index < -0.39 is 8.07 Å². The standard InChI is InChI=1S/C58H41NSi/c1-60(2)57-20-8-7-17-51(57)52-32-31-46(37-58(52)60)59-55-33-29-44(38-21-25-42(26-22-38)49-18-9-13-40-11-3-5-15-47(40)49)35-53(55)54-36-45(30-34-56(54)59)39-23-27-43(28-24-39)50-19-10-14-41-12-4-6-16-48(41)50/h3-37H,1-2H3. The van der Waals surface area contributed by atoms with E-state index >= 15 is 0 Å². The van der Waals surface area contributed by atoms with Crippen LogP contribution in [0.5, 0.6) is 0 Å². The Morgan fingerprint density at radius 3 is 1.30 bits per heavy atom. The summed E-state index contributed by atoms with van der Waals surface area (Å²) in [6, 6.07) is 79.1. The second-order valence-corrected chi connectivity index (χ2v) is 21.2. The van der Waals surface area contributed by atoms with Gasteiger partial charge < -0.3 is 4.57 Å². The monoisotopic (exact) mass is 779 g/mol. The highest BCUT2D eigenvalue weighted by Crippen LogP contribution is 2.40. The molecule has 2 heterocycles. The fourth-order valence-corrected chi connectivity index (χ4v) is 13.2. The number of rotatable bonds is 5. The van der Waals surface area contributed by atoms with Crippen molar-refractivity contribution in [3.63, 3.8) is 0 Å². The smallest absolute Gasteiger partial charge is 0.113 e. The Morgan fingerprint density at radius 2 is 0.733 bits per heavy atom. The predicted molar refractivity (Wildman–Crippen MR) is 260 cm³/mol. The van der Waals surface area contributed by atoms with Gasteiger partial charge in [-0.3, -0.25) is 0 Å². The maximum Gasteiger partial charge on any atom is 0.113 e. The molecule has 11 aromatic rings. The lowest BCUT2D eigenvalue weighted by molar-refractivity contribution is 1.18. The normalized spacial score (nSPS) is 13.0. The summed E-state index contributed by atoms with van der Waals surface area (Å²) in [5.41, 5.74) is 16.3. The van der Waals surface area contributed by atoms with E-state index in [9.17, 15) is 0 Å². The molecule has 2 heteroatoms. The third kappa shape index (κ3) is 5.38. The van der Waals surface area contributed by atoms with Crippen molar-refractivity contribution < 1.29 is 0 Å². The van der Waals surface area contributed by atoms with Gasteiger partial charge in [-0.1, -0.05) is 189 Å². The molecule has 0 spiro atoms. The Morgan fingerprint density at radius 1 is 0.300 bits per heavy atom. The van der Waals surface area contributed by atoms with E-state index in [1.54, 1.807) is 0 Å². The molecule has 0 atom stereocenters. The van der Waals surface area contributed by atoms with E-state index in [-0.39, 0.29) is 0 Å². The van der Waals surface area contributed by atoms with Crippen molar-refractivity contribution in [2.24, 2.45) is 0 Å². The van der Waals surface area contributed by atoms with Gasteiger partial charge in [-0.05, 0) is 124 Å². The summed E-state index contributed by atoms with van der Waals surface area (Å²) in [7, 11) is -1.87. The third-order valence-electron chi connectivity index (χ3n) is 13.2. The summed E-state index contributed by atoms with van der Waals surface area (Å²) in [5, 5.41) is 10.7. The molecule has 0 radical (unpaired) electrons. The van der Waals surface area contributed by atoms with Crippen LogP contribution in [-0.4, -0.2) is 12.6 Å². The highest BCUT2D eigenvalue weighted by molar-refractivity contribution is 7.03. The van der Waals surface area contributed by atoms with Crippen LogP contribution >= 0.6 is 0 Å². The first-order valence-electron chi connectivity index (χ1n) is 21.0. The molecule has 0 N–H and O–H groups in total. The van der Waals surface area contributed by atoms with Gasteiger partial charge in [0.05, 0.1) is 11.0 Å². The van der Waals surface area contributed by atoms with Crippen LogP contribution in [0.1, 0.15) is 0 Å². The van der Waals surface area contributed by atoms with Crippen molar-refractivity contribution >= 4 is 61.8 Å². The summed E-state index contributed by atoms with van der Waals surface area (Å²) in [4.78, 5) is 0. The molecule has 0 aliphatic carbocycles. The Hall–Kier alpha value is -7.26. The van der Waals surface area contributed by atoms with Gasteiger partial charge in [0, 0.05) is 16.5 Å². The Bertz CT molecular complexity index is 3310. The Labute approximate surface area is 351 Å². The summed E-state index contributed by atoms with van der Waals surface area (Å²) < 4.78 is 2.50. The fraction of sp³-hybridized carbons (Fsp3) is 0.0345. The zero-order valence-electron chi connectivity index (χ0n) is 33.7. The zero-order valence-corrected chi connectivity index (χ0v) is 34.7. The Balaban J connectivity index is 0.997. The van der Waals surface area contributed by atoms with Crippen LogP contribution in [0.3, 0.4) is 0 Å². The van der Waals surface area contributed by atoms with Crippen molar-refractivity contribution in [1.82, 2.24) is 4.57 Å². The van der Waals surface area contributed by atoms with E-state index in [0.717, 1.165) is 0 Å². The highest BCUT2D eigenvalue weighted by Gasteiger charge is 2.37. The lowest BCUT2D eigenvalue weighted by Gasteiger charge is -2.20. The zero-order chi connectivity index (χ0) is 40.0. The van der Waals surface area contributed by atoms with Crippen LogP contribution in [0.15, 0.2) is 212 Å². The average Bonchev–Trinajstić information content (AvgIpc) is 3.75. The van der Waals surface area contributed by atoms with E-state index in [2.05, 4.69) is 230 Å². The second kappa shape index (κ2) is 13.4. The number of hydrogen-bond acceptors (Lipinski definition) is 0. The first-order chi connectivity index (χ1) is 29.5. The molecule has 60 heavy (non-hydrogen) atoms. The van der Waals surface area contributed by atoms with Crippen molar-refractivity contribution in [2.75, 3.05) is 0 Å². The molecule has 1 aromatic heterocycles. The van der Waals surface area contributed by atoms with Crippen molar-refractivity contribution in [3.8, 4) is 61.3 Å². The summed E-state index contributed by atoms with van der Waals surface area (Å²) in [5.74, 6) is 0. The van der Waals surface area contributed by atoms with Gasteiger partial charge in [-0.25, -0.2) is 0 Å². The number of aromatic nitrogens is 1. The SMILES string of the molecule is C[Si]1(C)c2ccccc2-c2ccc(-n3c4ccc(-c5ccc(-c6cccc7ccccc67)cc5)cc4c4cc(-c5ccc(-c6cccc7ccccc67)cc5)ccc43)cc21. The van der Waals surface area contributed by atoms with Crippen LogP contribution in [0.4, 0.5) is 0 Å². The van der Waals surface area contributed by atoms with Crippen LogP contribution in [0, 0.1) is 0 Å². The topological polar surface area (TPSA) is 4.93 Å². The molecule has 1 aliphatic rings. The molecule has 0 amide bonds. The van der Waals surface area contributed by atoms with Gasteiger partial charge >= 0.3 is 0 Å². The molecule has 0 saturated heterocycles. The minimum Gasteiger partial charge on any atom is -0.309 e. The van der Waals surface area contributed by atoms with Gasteiger partial charge in [0.2, 0.25) is 0 Å². The molecule has 0 unspecified atom stereocenters. The fourth-order valence-electron chi connectivity index (χ4n) is 10.1. The second-order valence-electron chi connectivity index (χ2n) is 16.9. The lowest BCUT2D eigenvalue weighted by atomic mass is 9.95. The van der Waals surface area contributed by atoms with Gasteiger partial charge in [-0.15, -0.1) is 0 Å². The number of benzene rings is 10. The Kier molecular flexibility index (Phi) is 7.75. The summed E-state index contributed by atoms with van der Waals surface area (Å²) in [6.07, 6.45) is 0. The molecule has 10 aromatic carbocycles. The third-order valence-corrected chi connectivity index (χ3v) is 16.8. The van der Waals surface area contributed by atoms with Crippen molar-refractivity contribution in [1.29, 1.82) is 0 Å². The number of nitrogens with zero attached hydrogens (tertiary/aromatic N) is 1. The quantitative estimate of drug-likeness (QED) is 0.153. The van der Waals surface area contributed by atoms with Gasteiger partial charge in [0.15, 0.2) is 0 Å². The lowest BCUT2D eigenvalue weighted by Crippen LogP contribution is -2.49. The van der Waals surface area contributed by atoms with Gasteiger partial charge in [-0.2, -0.15) is 0 Å². The molecular formula is C58H41NSi. The maximum atomic E-state index is 2.50. The minimum atomic E-state index is -1.87. The molecule has 0 bridgehead atoms. The summed E-state index contributed by atoms with van der Waals surface area (Å²) >= 11 is 0. The van der Waals surface area contributed by atoms with E-state index in [0.29, 0.717) is 0 Å². The maximum absolute atomic E-state index is 2.50. The predicted octanol–water partition coefficient (Wildman–Crippen LogP) is 14.6. The highest BCUT2D eigenvalue weighted by atomic mass is 28.3. The van der Waals surface area contributed by atoms with Crippen molar-refractivity contribution in [3.05, 3.63) is 212 Å². The van der Waals surface area contributed by atoms with Crippen LogP contribution in [0.2, 0.25) is 13.1 Å². The minimum absolute atomic E-state index is 1.21. The van der Waals surface area contributed by atoms with Crippen LogP contribution in [-0.2, 0) is 0 Å². The molecule has 1 aliphatic heterocycles. The van der Waals surface area contributed by atoms with Gasteiger partial charge in [0.1, 0.15) is 8.07 Å². The van der Waals surface area contributed by atoms with Gasteiger partial charge in [0.25, 0.3) is 0 Å². The number of fused-ring (bicyclic) bond motifs is 8. The molecule has 12 rings (SSSR count). The van der Waals surface area contributed by atoms with Crippen molar-refractivity contribution in [2.45, 2.75) is 13.1 Å². The molecule has 1 nitrogen and oxygen atoms in total. The van der Waals surface area contributed by atoms with Crippen LogP contribution < -0.4 is 10.4 Å². The van der Waals surface area contributed by atoms with E-state index in [1.165, 1.54) is 115 Å². The first kappa shape index (κ1) is 34.7. The molecule has 282 valence electrons. The first-order valence-corrected chi connectivity index (χ1v) is 24.0. The molecule has 0 fully saturated rings. The largest absolute Gasteiger partial charge is 0.309 e. The average molecular weight is 780 g/mol. The molecular weight excluding hydrogens is 739 g/mol. The molecule has 0 saturated carbocycles. The summed E-state index contributed by atoms with van der Waals surface area (Å²) in [6.45, 7) is 5.01.